The van der Waals surface area contributed by atoms with Gasteiger partial charge in [0.05, 0.1) is 18.7 Å². The number of nitrogen functional groups attached to an aromatic ring is 2. The highest BCUT2D eigenvalue weighted by molar-refractivity contribution is 5.78. The molecule has 2 aromatic rings. The number of methoxy groups -OCH3 is 1. The molecule has 8 heteroatoms. The minimum absolute atomic E-state index is 0.00530. The third-order valence-electron chi connectivity index (χ3n) is 3.19. The zero-order valence-electron chi connectivity index (χ0n) is 13.5. The van der Waals surface area contributed by atoms with Crippen LogP contribution in [0.1, 0.15) is 19.4 Å². The van der Waals surface area contributed by atoms with Gasteiger partial charge in [-0.1, -0.05) is 13.8 Å². The minimum atomic E-state index is -0.380. The fraction of sp³-hybridized carbons (Fsp3) is 0.250. The van der Waals surface area contributed by atoms with E-state index >= 15 is 0 Å². The molecule has 0 amide bonds. The van der Waals surface area contributed by atoms with Crippen molar-refractivity contribution in [3.63, 3.8) is 0 Å². The molecule has 0 bridgehead atoms. The van der Waals surface area contributed by atoms with Gasteiger partial charge in [0.25, 0.3) is 0 Å². The summed E-state index contributed by atoms with van der Waals surface area (Å²) in [7, 11) is 1.44. The average molecular weight is 327 g/mol. The molecule has 8 nitrogen and oxygen atoms in total. The molecule has 0 radical (unpaired) electrons. The normalized spacial score (nSPS) is 10.3. The maximum absolute atomic E-state index is 11.8. The topological polar surface area (TPSA) is 137 Å². The molecule has 1 aromatic carbocycles. The molecule has 0 atom stereocenters. The predicted octanol–water partition coefficient (Wildman–Crippen LogP) is 1.75. The number of aromatic nitrogens is 2. The lowest BCUT2D eigenvalue weighted by Gasteiger charge is -2.13. The lowest BCUT2D eigenvalue weighted by atomic mass is 10.1. The summed E-state index contributed by atoms with van der Waals surface area (Å²) in [5, 5.41) is 9.26. The first-order chi connectivity index (χ1) is 11.4. The van der Waals surface area contributed by atoms with Gasteiger partial charge in [0.1, 0.15) is 17.5 Å². The molecule has 0 saturated carbocycles. The van der Waals surface area contributed by atoms with Crippen LogP contribution in [0.5, 0.6) is 11.5 Å². The Labute approximate surface area is 139 Å². The van der Waals surface area contributed by atoms with Gasteiger partial charge in [-0.25, -0.2) is 4.98 Å². The van der Waals surface area contributed by atoms with Crippen molar-refractivity contribution in [2.45, 2.75) is 13.8 Å². The molecule has 0 aliphatic rings. The number of benzene rings is 1. The number of carbonyl (C=O) groups is 1. The summed E-state index contributed by atoms with van der Waals surface area (Å²) in [5.41, 5.74) is 12.2. The standard InChI is InChI=1S/C16H17N5O3/c1-8(2)15(22)24-11-5-4-9(6-12(11)23-3)13-10(7-17)14(18)21-16(19)20-13/h4-6,8H,1-3H3,(H4,18,19,20,21). The maximum Gasteiger partial charge on any atom is 0.313 e. The van der Waals surface area contributed by atoms with E-state index in [0.717, 1.165) is 0 Å². The van der Waals surface area contributed by atoms with Crippen LogP contribution in [0.15, 0.2) is 18.2 Å². The Morgan fingerprint density at radius 3 is 2.54 bits per heavy atom. The zero-order valence-corrected chi connectivity index (χ0v) is 13.5. The van der Waals surface area contributed by atoms with Gasteiger partial charge in [-0.3, -0.25) is 4.79 Å². The van der Waals surface area contributed by atoms with Crippen LogP contribution in [0.25, 0.3) is 11.3 Å². The van der Waals surface area contributed by atoms with E-state index in [1.165, 1.54) is 7.11 Å². The maximum atomic E-state index is 11.8. The second kappa shape index (κ2) is 6.83. The Morgan fingerprint density at radius 2 is 1.96 bits per heavy atom. The second-order valence-electron chi connectivity index (χ2n) is 5.24. The lowest BCUT2D eigenvalue weighted by molar-refractivity contribution is -0.137. The summed E-state index contributed by atoms with van der Waals surface area (Å²) in [6, 6.07) is 6.74. The van der Waals surface area contributed by atoms with Crippen molar-refractivity contribution in [1.82, 2.24) is 9.97 Å². The number of hydrogen-bond acceptors (Lipinski definition) is 8. The number of rotatable bonds is 4. The van der Waals surface area contributed by atoms with E-state index in [0.29, 0.717) is 11.3 Å². The van der Waals surface area contributed by atoms with E-state index in [1.807, 2.05) is 6.07 Å². The van der Waals surface area contributed by atoms with Crippen molar-refractivity contribution in [2.24, 2.45) is 5.92 Å². The minimum Gasteiger partial charge on any atom is -0.493 e. The van der Waals surface area contributed by atoms with Crippen LogP contribution >= 0.6 is 0 Å². The van der Waals surface area contributed by atoms with Gasteiger partial charge >= 0.3 is 5.97 Å². The molecule has 2 rings (SSSR count). The van der Waals surface area contributed by atoms with Crippen LogP contribution in [0.4, 0.5) is 11.8 Å². The van der Waals surface area contributed by atoms with Crippen LogP contribution in [-0.4, -0.2) is 23.0 Å². The van der Waals surface area contributed by atoms with E-state index in [4.69, 9.17) is 20.9 Å². The molecule has 0 unspecified atom stereocenters. The Hall–Kier alpha value is -3.34. The van der Waals surface area contributed by atoms with Crippen LogP contribution in [0.2, 0.25) is 0 Å². The fourth-order valence-electron chi connectivity index (χ4n) is 1.94. The summed E-state index contributed by atoms with van der Waals surface area (Å²) in [6.07, 6.45) is 0. The van der Waals surface area contributed by atoms with Crippen molar-refractivity contribution in [1.29, 1.82) is 5.26 Å². The fourth-order valence-corrected chi connectivity index (χ4v) is 1.94. The molecular formula is C16H17N5O3. The number of hydrogen-bond donors (Lipinski definition) is 2. The summed E-state index contributed by atoms with van der Waals surface area (Å²) in [4.78, 5) is 19.6. The van der Waals surface area contributed by atoms with Gasteiger partial charge in [-0.15, -0.1) is 0 Å². The Balaban J connectivity index is 2.51. The van der Waals surface area contributed by atoms with Crippen molar-refractivity contribution in [3.05, 3.63) is 23.8 Å². The molecule has 1 aromatic heterocycles. The van der Waals surface area contributed by atoms with Gasteiger partial charge < -0.3 is 20.9 Å². The number of ether oxygens (including phenoxy) is 2. The number of esters is 1. The van der Waals surface area contributed by atoms with E-state index in [-0.39, 0.29) is 40.7 Å². The summed E-state index contributed by atoms with van der Waals surface area (Å²) >= 11 is 0. The van der Waals surface area contributed by atoms with Crippen molar-refractivity contribution in [2.75, 3.05) is 18.6 Å². The highest BCUT2D eigenvalue weighted by atomic mass is 16.6. The van der Waals surface area contributed by atoms with Gasteiger partial charge in [0.15, 0.2) is 11.5 Å². The Bertz CT molecular complexity index is 827. The van der Waals surface area contributed by atoms with Crippen LogP contribution in [0.3, 0.4) is 0 Å². The van der Waals surface area contributed by atoms with Gasteiger partial charge in [0.2, 0.25) is 5.95 Å². The molecule has 0 fully saturated rings. The first-order valence-electron chi connectivity index (χ1n) is 7.10. The van der Waals surface area contributed by atoms with Crippen LogP contribution < -0.4 is 20.9 Å². The number of anilines is 2. The quantitative estimate of drug-likeness (QED) is 0.640. The van der Waals surface area contributed by atoms with E-state index in [9.17, 15) is 10.1 Å². The van der Waals surface area contributed by atoms with Crippen LogP contribution in [-0.2, 0) is 4.79 Å². The predicted molar refractivity (Wildman–Crippen MR) is 88.0 cm³/mol. The second-order valence-corrected chi connectivity index (χ2v) is 5.24. The Kier molecular flexibility index (Phi) is 4.84. The van der Waals surface area contributed by atoms with Gasteiger partial charge in [-0.2, -0.15) is 10.2 Å². The monoisotopic (exact) mass is 327 g/mol. The van der Waals surface area contributed by atoms with Gasteiger partial charge in [0, 0.05) is 5.56 Å². The van der Waals surface area contributed by atoms with Crippen molar-refractivity contribution >= 4 is 17.7 Å². The Morgan fingerprint density at radius 1 is 1.25 bits per heavy atom. The van der Waals surface area contributed by atoms with Crippen molar-refractivity contribution < 1.29 is 14.3 Å². The van der Waals surface area contributed by atoms with E-state index < -0.39 is 0 Å². The third kappa shape index (κ3) is 3.35. The highest BCUT2D eigenvalue weighted by Crippen LogP contribution is 2.34. The first kappa shape index (κ1) is 17.0. The summed E-state index contributed by atoms with van der Waals surface area (Å²) in [6.45, 7) is 3.46. The molecule has 0 aliphatic carbocycles. The summed E-state index contributed by atoms with van der Waals surface area (Å²) in [5.74, 6) is -0.116. The third-order valence-corrected chi connectivity index (χ3v) is 3.19. The first-order valence-corrected chi connectivity index (χ1v) is 7.10. The SMILES string of the molecule is COc1cc(-c2nc(N)nc(N)c2C#N)ccc1OC(=O)C(C)C. The molecular weight excluding hydrogens is 310 g/mol. The molecule has 4 N–H and O–H groups in total. The van der Waals surface area contributed by atoms with E-state index in [1.54, 1.807) is 32.0 Å². The zero-order chi connectivity index (χ0) is 17.9. The van der Waals surface area contributed by atoms with Crippen LogP contribution in [0, 0.1) is 17.2 Å². The summed E-state index contributed by atoms with van der Waals surface area (Å²) < 4.78 is 10.5. The number of nitrogens with zero attached hydrogens (tertiary/aromatic N) is 3. The largest absolute Gasteiger partial charge is 0.493 e. The highest BCUT2D eigenvalue weighted by Gasteiger charge is 2.17. The number of nitriles is 1. The molecule has 124 valence electrons. The molecule has 0 spiro atoms. The number of carbonyl (C=O) groups excluding carboxylic acids is 1. The molecule has 24 heavy (non-hydrogen) atoms. The smallest absolute Gasteiger partial charge is 0.313 e. The molecule has 0 aliphatic heterocycles. The van der Waals surface area contributed by atoms with Gasteiger partial charge in [-0.05, 0) is 18.2 Å². The molecule has 0 saturated heterocycles. The van der Waals surface area contributed by atoms with Crippen molar-refractivity contribution in [3.8, 4) is 28.8 Å². The lowest BCUT2D eigenvalue weighted by Crippen LogP contribution is -2.15. The molecule has 1 heterocycles. The number of nitrogens with two attached hydrogens (primary N) is 2. The average Bonchev–Trinajstić information content (AvgIpc) is 2.54. The van der Waals surface area contributed by atoms with E-state index in [2.05, 4.69) is 9.97 Å².